The van der Waals surface area contributed by atoms with Gasteiger partial charge in [0.05, 0.1) is 0 Å². The molecule has 0 spiro atoms. The van der Waals surface area contributed by atoms with Crippen molar-refractivity contribution in [2.45, 2.75) is 33.0 Å². The zero-order valence-corrected chi connectivity index (χ0v) is 12.9. The molecule has 0 fully saturated rings. The molecule has 0 aliphatic carbocycles. The zero-order valence-electron chi connectivity index (χ0n) is 12.9. The van der Waals surface area contributed by atoms with Gasteiger partial charge < -0.3 is 14.8 Å². The van der Waals surface area contributed by atoms with Crippen molar-refractivity contribution in [2.75, 3.05) is 5.32 Å². The normalized spacial score (nSPS) is 19.6. The van der Waals surface area contributed by atoms with Crippen LogP contribution in [0.5, 0.6) is 11.5 Å². The van der Waals surface area contributed by atoms with Crippen molar-refractivity contribution in [3.8, 4) is 11.5 Å². The summed E-state index contributed by atoms with van der Waals surface area (Å²) >= 11 is 0. The number of anilines is 1. The van der Waals surface area contributed by atoms with Crippen molar-refractivity contribution < 1.29 is 14.3 Å². The zero-order chi connectivity index (χ0) is 15.7. The maximum absolute atomic E-state index is 12.5. The fraction of sp³-hybridized carbons (Fsp3) is 0.278. The van der Waals surface area contributed by atoms with E-state index < -0.39 is 6.10 Å². The molecule has 22 heavy (non-hydrogen) atoms. The number of hydrogen-bond donors (Lipinski definition) is 1. The van der Waals surface area contributed by atoms with Crippen LogP contribution in [0.15, 0.2) is 42.5 Å². The fourth-order valence-corrected chi connectivity index (χ4v) is 2.48. The van der Waals surface area contributed by atoms with Gasteiger partial charge in [0.2, 0.25) is 6.10 Å². The lowest BCUT2D eigenvalue weighted by Gasteiger charge is -2.31. The SMILES string of the molecule is Cc1ccc(C)c(NC(=O)[C@@H]2Oc3ccccc3O[C@H]2C)c1. The average molecular weight is 297 g/mol. The summed E-state index contributed by atoms with van der Waals surface area (Å²) < 4.78 is 11.6. The van der Waals surface area contributed by atoms with Gasteiger partial charge in [-0.25, -0.2) is 0 Å². The Morgan fingerprint density at radius 3 is 2.45 bits per heavy atom. The summed E-state index contributed by atoms with van der Waals surface area (Å²) in [6, 6.07) is 13.3. The van der Waals surface area contributed by atoms with Crippen LogP contribution >= 0.6 is 0 Å². The molecule has 0 saturated heterocycles. The molecular weight excluding hydrogens is 278 g/mol. The van der Waals surface area contributed by atoms with Crippen molar-refractivity contribution in [1.82, 2.24) is 0 Å². The van der Waals surface area contributed by atoms with Gasteiger partial charge in [0.1, 0.15) is 6.10 Å². The number of rotatable bonds is 2. The van der Waals surface area contributed by atoms with Crippen LogP contribution in [0.1, 0.15) is 18.1 Å². The monoisotopic (exact) mass is 297 g/mol. The van der Waals surface area contributed by atoms with E-state index in [4.69, 9.17) is 9.47 Å². The van der Waals surface area contributed by atoms with E-state index in [-0.39, 0.29) is 12.0 Å². The van der Waals surface area contributed by atoms with Gasteiger partial charge in [-0.15, -0.1) is 0 Å². The molecule has 0 unspecified atom stereocenters. The summed E-state index contributed by atoms with van der Waals surface area (Å²) in [6.07, 6.45) is -1.02. The molecule has 0 aromatic heterocycles. The third kappa shape index (κ3) is 2.77. The highest BCUT2D eigenvalue weighted by molar-refractivity contribution is 5.95. The Morgan fingerprint density at radius 2 is 1.73 bits per heavy atom. The summed E-state index contributed by atoms with van der Waals surface area (Å²) in [5.74, 6) is 1.07. The second-order valence-corrected chi connectivity index (χ2v) is 5.62. The Balaban J connectivity index is 1.79. The third-order valence-corrected chi connectivity index (χ3v) is 3.75. The molecule has 0 bridgehead atoms. The van der Waals surface area contributed by atoms with E-state index in [1.54, 1.807) is 6.07 Å². The van der Waals surface area contributed by atoms with Crippen LogP contribution in [0.3, 0.4) is 0 Å². The van der Waals surface area contributed by atoms with Crippen molar-refractivity contribution in [2.24, 2.45) is 0 Å². The van der Waals surface area contributed by atoms with Crippen LogP contribution in [0.2, 0.25) is 0 Å². The van der Waals surface area contributed by atoms with Crippen LogP contribution in [0.4, 0.5) is 5.69 Å². The smallest absolute Gasteiger partial charge is 0.269 e. The predicted octanol–water partition coefficient (Wildman–Crippen LogP) is 3.47. The third-order valence-electron chi connectivity index (χ3n) is 3.75. The minimum absolute atomic E-state index is 0.198. The van der Waals surface area contributed by atoms with Gasteiger partial charge in [-0.1, -0.05) is 24.3 Å². The van der Waals surface area contributed by atoms with E-state index in [9.17, 15) is 4.79 Å². The van der Waals surface area contributed by atoms with Crippen LogP contribution in [0, 0.1) is 13.8 Å². The second kappa shape index (κ2) is 5.72. The van der Waals surface area contributed by atoms with Crippen LogP contribution < -0.4 is 14.8 Å². The van der Waals surface area contributed by atoms with E-state index in [2.05, 4.69) is 5.32 Å². The topological polar surface area (TPSA) is 47.6 Å². The Labute approximate surface area is 130 Å². The van der Waals surface area contributed by atoms with Crippen molar-refractivity contribution in [1.29, 1.82) is 0 Å². The van der Waals surface area contributed by atoms with E-state index in [0.29, 0.717) is 11.5 Å². The number of fused-ring (bicyclic) bond motifs is 1. The van der Waals surface area contributed by atoms with Gasteiger partial charge in [0.25, 0.3) is 5.91 Å². The summed E-state index contributed by atoms with van der Waals surface area (Å²) in [5, 5.41) is 2.94. The molecule has 2 aromatic carbocycles. The van der Waals surface area contributed by atoms with Crippen LogP contribution in [-0.2, 0) is 4.79 Å². The highest BCUT2D eigenvalue weighted by Crippen LogP contribution is 2.33. The lowest BCUT2D eigenvalue weighted by molar-refractivity contribution is -0.128. The molecule has 3 rings (SSSR count). The molecule has 2 atom stereocenters. The molecule has 1 N–H and O–H groups in total. The molecular formula is C18H19NO3. The molecule has 4 heteroatoms. The second-order valence-electron chi connectivity index (χ2n) is 5.62. The van der Waals surface area contributed by atoms with Gasteiger partial charge in [-0.2, -0.15) is 0 Å². The number of benzene rings is 2. The first kappa shape index (κ1) is 14.4. The van der Waals surface area contributed by atoms with E-state index in [0.717, 1.165) is 16.8 Å². The molecule has 4 nitrogen and oxygen atoms in total. The molecule has 114 valence electrons. The standard InChI is InChI=1S/C18H19NO3/c1-11-8-9-12(2)14(10-11)19-18(20)17-13(3)21-15-6-4-5-7-16(15)22-17/h4-10,13,17H,1-3H3,(H,19,20)/t13-,17+/m0/s1. The summed E-state index contributed by atoms with van der Waals surface area (Å²) in [7, 11) is 0. The van der Waals surface area contributed by atoms with Crippen molar-refractivity contribution >= 4 is 11.6 Å². The highest BCUT2D eigenvalue weighted by atomic mass is 16.6. The lowest BCUT2D eigenvalue weighted by atomic mass is 10.1. The number of carbonyl (C=O) groups excluding carboxylic acids is 1. The number of aryl methyl sites for hydroxylation is 2. The Morgan fingerprint density at radius 1 is 1.05 bits per heavy atom. The first-order chi connectivity index (χ1) is 10.5. The lowest BCUT2D eigenvalue weighted by Crippen LogP contribution is -2.46. The molecule has 0 saturated carbocycles. The van der Waals surface area contributed by atoms with Gasteiger partial charge in [-0.3, -0.25) is 4.79 Å². The van der Waals surface area contributed by atoms with Gasteiger partial charge in [-0.05, 0) is 50.1 Å². The molecule has 1 amide bonds. The molecule has 1 heterocycles. The van der Waals surface area contributed by atoms with E-state index in [1.807, 2.05) is 57.2 Å². The molecule has 1 aliphatic heterocycles. The minimum Gasteiger partial charge on any atom is -0.482 e. The number of hydrogen-bond acceptors (Lipinski definition) is 3. The maximum Gasteiger partial charge on any atom is 0.269 e. The molecule has 1 aliphatic rings. The number of amides is 1. The maximum atomic E-state index is 12.5. The Kier molecular flexibility index (Phi) is 3.75. The minimum atomic E-state index is -0.671. The first-order valence-electron chi connectivity index (χ1n) is 7.35. The van der Waals surface area contributed by atoms with E-state index in [1.165, 1.54) is 0 Å². The first-order valence-corrected chi connectivity index (χ1v) is 7.35. The van der Waals surface area contributed by atoms with Crippen LogP contribution in [-0.4, -0.2) is 18.1 Å². The predicted molar refractivity (Wildman–Crippen MR) is 85.5 cm³/mol. The number of carbonyl (C=O) groups is 1. The average Bonchev–Trinajstić information content (AvgIpc) is 2.50. The summed E-state index contributed by atoms with van der Waals surface area (Å²) in [5.41, 5.74) is 2.92. The molecule has 2 aromatic rings. The van der Waals surface area contributed by atoms with Crippen molar-refractivity contribution in [3.63, 3.8) is 0 Å². The largest absolute Gasteiger partial charge is 0.482 e. The molecule has 0 radical (unpaired) electrons. The van der Waals surface area contributed by atoms with Crippen LogP contribution in [0.25, 0.3) is 0 Å². The Hall–Kier alpha value is -2.49. The highest BCUT2D eigenvalue weighted by Gasteiger charge is 2.34. The van der Waals surface area contributed by atoms with E-state index >= 15 is 0 Å². The number of ether oxygens (including phenoxy) is 2. The summed E-state index contributed by atoms with van der Waals surface area (Å²) in [4.78, 5) is 12.5. The Bertz CT molecular complexity index is 711. The quantitative estimate of drug-likeness (QED) is 0.923. The number of para-hydroxylation sites is 2. The van der Waals surface area contributed by atoms with Crippen molar-refractivity contribution in [3.05, 3.63) is 53.6 Å². The van der Waals surface area contributed by atoms with Gasteiger partial charge in [0, 0.05) is 5.69 Å². The van der Waals surface area contributed by atoms with Gasteiger partial charge in [0.15, 0.2) is 11.5 Å². The number of nitrogens with one attached hydrogen (secondary N) is 1. The fourth-order valence-electron chi connectivity index (χ4n) is 2.48. The van der Waals surface area contributed by atoms with Gasteiger partial charge >= 0.3 is 0 Å². The summed E-state index contributed by atoms with van der Waals surface area (Å²) in [6.45, 7) is 5.80.